The van der Waals surface area contributed by atoms with Crippen LogP contribution in [0.5, 0.6) is 0 Å². The molecule has 1 aliphatic carbocycles. The van der Waals surface area contributed by atoms with E-state index in [9.17, 15) is 18.0 Å². The minimum Gasteiger partial charge on any atom is -0.501 e. The maximum atomic E-state index is 13.1. The molecule has 4 rings (SSSR count). The Morgan fingerprint density at radius 3 is 2.30 bits per heavy atom. The minimum atomic E-state index is -3.77. The summed E-state index contributed by atoms with van der Waals surface area (Å²) in [5.41, 5.74) is 3.17. The number of thiazole rings is 1. The molecule has 2 amide bonds. The first-order chi connectivity index (χ1) is 17.7. The van der Waals surface area contributed by atoms with Crippen molar-refractivity contribution in [3.63, 3.8) is 0 Å². The molecule has 0 aliphatic heterocycles. The SMILES string of the molecule is COC1=CC=C(N(C)S(=O)(=O)c2ccc(C(=O)Nc3nc(-c4ccc(NC(C)=O)cc4)cs3)cc2)CC1. The van der Waals surface area contributed by atoms with E-state index in [0.29, 0.717) is 40.6 Å². The average molecular weight is 539 g/mol. The van der Waals surface area contributed by atoms with Crippen LogP contribution in [-0.2, 0) is 19.6 Å². The van der Waals surface area contributed by atoms with Gasteiger partial charge in [-0.05, 0) is 55.0 Å². The van der Waals surface area contributed by atoms with Crippen LogP contribution in [0.15, 0.2) is 82.4 Å². The summed E-state index contributed by atoms with van der Waals surface area (Å²) in [4.78, 5) is 28.5. The molecule has 0 saturated heterocycles. The number of amides is 2. The molecule has 192 valence electrons. The summed E-state index contributed by atoms with van der Waals surface area (Å²) in [6.45, 7) is 1.44. The molecule has 0 radical (unpaired) electrons. The van der Waals surface area contributed by atoms with Gasteiger partial charge in [-0.15, -0.1) is 11.3 Å². The van der Waals surface area contributed by atoms with E-state index >= 15 is 0 Å². The Kier molecular flexibility index (Phi) is 7.74. The first-order valence-electron chi connectivity index (χ1n) is 11.3. The molecule has 2 aromatic carbocycles. The van der Waals surface area contributed by atoms with Crippen LogP contribution in [-0.4, -0.2) is 43.7 Å². The van der Waals surface area contributed by atoms with Gasteiger partial charge < -0.3 is 10.1 Å². The Hall–Kier alpha value is -3.96. The summed E-state index contributed by atoms with van der Waals surface area (Å²) in [5, 5.41) is 7.69. The number of methoxy groups -OCH3 is 1. The van der Waals surface area contributed by atoms with Crippen LogP contribution in [0.1, 0.15) is 30.1 Å². The van der Waals surface area contributed by atoms with Gasteiger partial charge in [0, 0.05) is 48.3 Å². The van der Waals surface area contributed by atoms with Crippen molar-refractivity contribution in [2.24, 2.45) is 0 Å². The normalized spacial score (nSPS) is 13.3. The van der Waals surface area contributed by atoms with Crippen LogP contribution in [0.2, 0.25) is 0 Å². The number of aromatic nitrogens is 1. The quantitative estimate of drug-likeness (QED) is 0.423. The number of rotatable bonds is 8. The highest BCUT2D eigenvalue weighted by molar-refractivity contribution is 7.89. The van der Waals surface area contributed by atoms with E-state index in [0.717, 1.165) is 11.3 Å². The third kappa shape index (κ3) is 6.07. The monoisotopic (exact) mass is 538 g/mol. The zero-order valence-corrected chi connectivity index (χ0v) is 22.2. The molecule has 37 heavy (non-hydrogen) atoms. The van der Waals surface area contributed by atoms with Gasteiger partial charge in [0.05, 0.1) is 23.5 Å². The third-order valence-corrected chi connectivity index (χ3v) is 8.34. The number of nitrogens with zero attached hydrogens (tertiary/aromatic N) is 2. The second-order valence-electron chi connectivity index (χ2n) is 8.24. The summed E-state index contributed by atoms with van der Waals surface area (Å²) < 4.78 is 32.6. The maximum absolute atomic E-state index is 13.1. The molecule has 1 heterocycles. The summed E-state index contributed by atoms with van der Waals surface area (Å²) in [6.07, 6.45) is 4.68. The highest BCUT2D eigenvalue weighted by atomic mass is 32.2. The van der Waals surface area contributed by atoms with Crippen molar-refractivity contribution in [1.82, 2.24) is 9.29 Å². The lowest BCUT2D eigenvalue weighted by atomic mass is 10.1. The van der Waals surface area contributed by atoms with Gasteiger partial charge >= 0.3 is 0 Å². The van der Waals surface area contributed by atoms with Crippen LogP contribution in [0, 0.1) is 0 Å². The predicted octanol–water partition coefficient (Wildman–Crippen LogP) is 4.85. The fourth-order valence-electron chi connectivity index (χ4n) is 3.69. The van der Waals surface area contributed by atoms with E-state index in [1.54, 1.807) is 31.4 Å². The molecule has 11 heteroatoms. The number of sulfonamides is 1. The Morgan fingerprint density at radius 1 is 1.00 bits per heavy atom. The molecule has 9 nitrogen and oxygen atoms in total. The molecule has 0 fully saturated rings. The fourth-order valence-corrected chi connectivity index (χ4v) is 5.66. The largest absolute Gasteiger partial charge is 0.501 e. The molecule has 0 atom stereocenters. The molecule has 0 bridgehead atoms. The number of carbonyl (C=O) groups is 2. The summed E-state index contributed by atoms with van der Waals surface area (Å²) in [6, 6.07) is 13.0. The van der Waals surface area contributed by atoms with Crippen LogP contribution in [0.4, 0.5) is 10.8 Å². The van der Waals surface area contributed by atoms with Gasteiger partial charge in [-0.25, -0.2) is 13.4 Å². The molecule has 1 aromatic heterocycles. The molecule has 1 aliphatic rings. The van der Waals surface area contributed by atoms with E-state index < -0.39 is 15.9 Å². The maximum Gasteiger partial charge on any atom is 0.263 e. The number of hydrogen-bond donors (Lipinski definition) is 2. The standard InChI is InChI=1S/C26H26N4O5S2/c1-17(31)27-20-8-4-18(5-9-20)24-16-36-26(28-24)29-25(32)19-6-14-23(15-7-19)37(33,34)30(2)21-10-12-22(35-3)13-11-21/h4-10,12,14-16H,11,13H2,1-3H3,(H,27,31)(H,28,29,32). The highest BCUT2D eigenvalue weighted by Crippen LogP contribution is 2.28. The van der Waals surface area contributed by atoms with Gasteiger partial charge in [0.2, 0.25) is 5.91 Å². The Balaban J connectivity index is 1.42. The third-order valence-electron chi connectivity index (χ3n) is 5.76. The van der Waals surface area contributed by atoms with Crippen molar-refractivity contribution in [1.29, 1.82) is 0 Å². The van der Waals surface area contributed by atoms with Gasteiger partial charge in [0.25, 0.3) is 15.9 Å². The molecule has 0 spiro atoms. The van der Waals surface area contributed by atoms with Crippen molar-refractivity contribution in [2.45, 2.75) is 24.7 Å². The van der Waals surface area contributed by atoms with Crippen LogP contribution >= 0.6 is 11.3 Å². The second-order valence-corrected chi connectivity index (χ2v) is 11.1. The number of anilines is 2. The van der Waals surface area contributed by atoms with Gasteiger partial charge in [0.15, 0.2) is 5.13 Å². The lowest BCUT2D eigenvalue weighted by Crippen LogP contribution is -2.27. The number of nitrogens with one attached hydrogen (secondary N) is 2. The average Bonchev–Trinajstić information content (AvgIpc) is 3.36. The van der Waals surface area contributed by atoms with Gasteiger partial charge in [0.1, 0.15) is 0 Å². The summed E-state index contributed by atoms with van der Waals surface area (Å²) in [7, 11) is -0.668. The number of allylic oxidation sites excluding steroid dienone is 4. The summed E-state index contributed by atoms with van der Waals surface area (Å²) >= 11 is 1.28. The molecule has 0 unspecified atom stereocenters. The van der Waals surface area contributed by atoms with E-state index in [1.807, 2.05) is 17.5 Å². The number of carbonyl (C=O) groups excluding carboxylic acids is 2. The van der Waals surface area contributed by atoms with Crippen molar-refractivity contribution in [3.05, 3.63) is 83.1 Å². The second kappa shape index (κ2) is 11.0. The van der Waals surface area contributed by atoms with Crippen molar-refractivity contribution >= 4 is 44.0 Å². The van der Waals surface area contributed by atoms with Crippen molar-refractivity contribution in [2.75, 3.05) is 24.8 Å². The zero-order chi connectivity index (χ0) is 26.6. The van der Waals surface area contributed by atoms with Crippen molar-refractivity contribution in [3.8, 4) is 11.3 Å². The van der Waals surface area contributed by atoms with Gasteiger partial charge in [-0.2, -0.15) is 0 Å². The van der Waals surface area contributed by atoms with E-state index in [1.165, 1.54) is 53.9 Å². The van der Waals surface area contributed by atoms with Crippen LogP contribution in [0.3, 0.4) is 0 Å². The number of ether oxygens (including phenoxy) is 1. The molecular formula is C26H26N4O5S2. The highest BCUT2D eigenvalue weighted by Gasteiger charge is 2.24. The Morgan fingerprint density at radius 2 is 1.70 bits per heavy atom. The fraction of sp³-hybridized carbons (Fsp3) is 0.192. The van der Waals surface area contributed by atoms with Crippen molar-refractivity contribution < 1.29 is 22.7 Å². The molecule has 3 aromatic rings. The molecular weight excluding hydrogens is 512 g/mol. The van der Waals surface area contributed by atoms with Gasteiger partial charge in [-0.1, -0.05) is 12.1 Å². The zero-order valence-electron chi connectivity index (χ0n) is 20.5. The first kappa shape index (κ1) is 26.1. The lowest BCUT2D eigenvalue weighted by molar-refractivity contribution is -0.114. The smallest absolute Gasteiger partial charge is 0.263 e. The number of benzene rings is 2. The molecule has 2 N–H and O–H groups in total. The Bertz CT molecular complexity index is 1470. The van der Waals surface area contributed by atoms with Crippen LogP contribution in [0.25, 0.3) is 11.3 Å². The van der Waals surface area contributed by atoms with E-state index in [4.69, 9.17) is 4.74 Å². The molecule has 0 saturated carbocycles. The lowest BCUT2D eigenvalue weighted by Gasteiger charge is -2.24. The number of hydrogen-bond acceptors (Lipinski definition) is 7. The Labute approximate surface area is 219 Å². The minimum absolute atomic E-state index is 0.0909. The van der Waals surface area contributed by atoms with Crippen LogP contribution < -0.4 is 10.6 Å². The summed E-state index contributed by atoms with van der Waals surface area (Å²) in [5.74, 6) is 0.257. The predicted molar refractivity (Wildman–Crippen MR) is 144 cm³/mol. The van der Waals surface area contributed by atoms with Gasteiger partial charge in [-0.3, -0.25) is 19.2 Å². The van der Waals surface area contributed by atoms with E-state index in [2.05, 4.69) is 15.6 Å². The van der Waals surface area contributed by atoms with E-state index in [-0.39, 0.29) is 10.8 Å². The first-order valence-corrected chi connectivity index (χ1v) is 13.7. The topological polar surface area (TPSA) is 118 Å².